The quantitative estimate of drug-likeness (QED) is 0.859. The number of nitrogens with zero attached hydrogens (tertiary/aromatic N) is 1. The molecule has 0 saturated heterocycles. The van der Waals surface area contributed by atoms with Crippen LogP contribution in [0.1, 0.15) is 37.8 Å². The van der Waals surface area contributed by atoms with Gasteiger partial charge in [0.2, 0.25) is 0 Å². The molecule has 18 heavy (non-hydrogen) atoms. The first-order valence-electron chi connectivity index (χ1n) is 7.52. The highest BCUT2D eigenvalue weighted by molar-refractivity contribution is 5.05. The maximum absolute atomic E-state index is 6.54. The first-order chi connectivity index (χ1) is 8.79. The minimum Gasteiger partial charge on any atom is -0.348 e. The molecule has 0 spiro atoms. The van der Waals surface area contributed by atoms with Gasteiger partial charge in [0.15, 0.2) is 0 Å². The largest absolute Gasteiger partial charge is 0.348 e. The molecule has 4 saturated carbocycles. The smallest absolute Gasteiger partial charge is 0.0921 e. The Hall–Kier alpha value is -0.830. The average molecular weight is 245 g/mol. The van der Waals surface area contributed by atoms with Crippen molar-refractivity contribution in [3.05, 3.63) is 18.2 Å². The summed E-state index contributed by atoms with van der Waals surface area (Å²) in [7, 11) is 0. The molecule has 0 radical (unpaired) electrons. The maximum Gasteiger partial charge on any atom is 0.0921 e. The molecule has 4 aliphatic carbocycles. The lowest BCUT2D eigenvalue weighted by atomic mass is 9.50. The van der Waals surface area contributed by atoms with Crippen molar-refractivity contribution < 1.29 is 0 Å². The summed E-state index contributed by atoms with van der Waals surface area (Å²) in [5, 5.41) is 0. The SMILES string of the molecule is NC(Cc1cnc[nH]1)C1C2CC3CC(C2)CC1C3. The van der Waals surface area contributed by atoms with Crippen LogP contribution in [0.3, 0.4) is 0 Å². The Bertz CT molecular complexity index is 383. The number of rotatable bonds is 3. The number of nitrogens with two attached hydrogens (primary N) is 1. The van der Waals surface area contributed by atoms with Crippen LogP contribution >= 0.6 is 0 Å². The molecule has 0 aromatic carbocycles. The highest BCUT2D eigenvalue weighted by atomic mass is 14.9. The van der Waals surface area contributed by atoms with Gasteiger partial charge in [0.25, 0.3) is 0 Å². The summed E-state index contributed by atoms with van der Waals surface area (Å²) in [5.74, 6) is 4.73. The Morgan fingerprint density at radius 3 is 2.39 bits per heavy atom. The van der Waals surface area contributed by atoms with Gasteiger partial charge in [-0.05, 0) is 61.7 Å². The topological polar surface area (TPSA) is 54.7 Å². The molecular weight excluding hydrogens is 222 g/mol. The van der Waals surface area contributed by atoms with Crippen LogP contribution in [0.4, 0.5) is 0 Å². The third kappa shape index (κ3) is 1.71. The number of aromatic amines is 1. The first-order valence-corrected chi connectivity index (χ1v) is 7.52. The van der Waals surface area contributed by atoms with E-state index < -0.39 is 0 Å². The second-order valence-corrected chi connectivity index (χ2v) is 6.95. The van der Waals surface area contributed by atoms with E-state index in [2.05, 4.69) is 9.97 Å². The predicted octanol–water partition coefficient (Wildman–Crippen LogP) is 2.35. The normalized spacial score (nSPS) is 43.3. The van der Waals surface area contributed by atoms with E-state index in [4.69, 9.17) is 5.73 Å². The second kappa shape index (κ2) is 4.09. The van der Waals surface area contributed by atoms with Crippen LogP contribution in [-0.2, 0) is 6.42 Å². The van der Waals surface area contributed by atoms with Crippen molar-refractivity contribution in [2.75, 3.05) is 0 Å². The van der Waals surface area contributed by atoms with E-state index in [1.807, 2.05) is 6.20 Å². The van der Waals surface area contributed by atoms with E-state index in [0.717, 1.165) is 36.0 Å². The lowest BCUT2D eigenvalue weighted by Gasteiger charge is -2.56. The van der Waals surface area contributed by atoms with Crippen molar-refractivity contribution in [3.63, 3.8) is 0 Å². The fraction of sp³-hybridized carbons (Fsp3) is 0.800. The molecule has 98 valence electrons. The van der Waals surface area contributed by atoms with E-state index >= 15 is 0 Å². The predicted molar refractivity (Wildman–Crippen MR) is 70.8 cm³/mol. The van der Waals surface area contributed by atoms with Gasteiger partial charge in [0, 0.05) is 24.4 Å². The molecular formula is C15H23N3. The Balaban J connectivity index is 1.50. The lowest BCUT2D eigenvalue weighted by Crippen LogP contribution is -2.52. The molecule has 1 atom stereocenters. The highest BCUT2D eigenvalue weighted by Gasteiger charge is 2.49. The molecule has 1 aromatic heterocycles. The van der Waals surface area contributed by atoms with Gasteiger partial charge in [-0.2, -0.15) is 0 Å². The van der Waals surface area contributed by atoms with E-state index in [-0.39, 0.29) is 0 Å². The standard InChI is InChI=1S/C15H23N3/c16-14(6-13-7-17-8-18-13)15-11-2-9-1-10(4-11)5-12(15)3-9/h7-12,14-15H,1-6,16H2,(H,17,18). The van der Waals surface area contributed by atoms with Crippen molar-refractivity contribution in [1.29, 1.82) is 0 Å². The number of hydrogen-bond donors (Lipinski definition) is 2. The van der Waals surface area contributed by atoms with Crippen molar-refractivity contribution in [1.82, 2.24) is 9.97 Å². The molecule has 3 nitrogen and oxygen atoms in total. The molecule has 4 aliphatic rings. The zero-order valence-electron chi connectivity index (χ0n) is 10.9. The third-order valence-electron chi connectivity index (χ3n) is 5.80. The molecule has 0 aliphatic heterocycles. The average Bonchev–Trinajstić information content (AvgIpc) is 2.80. The van der Waals surface area contributed by atoms with Crippen molar-refractivity contribution >= 4 is 0 Å². The van der Waals surface area contributed by atoms with Crippen LogP contribution in [0.5, 0.6) is 0 Å². The van der Waals surface area contributed by atoms with Crippen LogP contribution in [0, 0.1) is 29.6 Å². The Morgan fingerprint density at radius 2 is 1.83 bits per heavy atom. The Morgan fingerprint density at radius 1 is 1.17 bits per heavy atom. The molecule has 0 amide bonds. The summed E-state index contributed by atoms with van der Waals surface area (Å²) < 4.78 is 0. The Labute approximate surface area is 109 Å². The number of nitrogens with one attached hydrogen (secondary N) is 1. The molecule has 4 bridgehead atoms. The number of hydrogen-bond acceptors (Lipinski definition) is 2. The van der Waals surface area contributed by atoms with E-state index in [1.165, 1.54) is 37.8 Å². The van der Waals surface area contributed by atoms with Crippen molar-refractivity contribution in [3.8, 4) is 0 Å². The van der Waals surface area contributed by atoms with Crippen LogP contribution in [0.15, 0.2) is 12.5 Å². The number of H-pyrrole nitrogens is 1. The highest BCUT2D eigenvalue weighted by Crippen LogP contribution is 2.57. The maximum atomic E-state index is 6.54. The van der Waals surface area contributed by atoms with Gasteiger partial charge >= 0.3 is 0 Å². The first kappa shape index (κ1) is 11.0. The van der Waals surface area contributed by atoms with Gasteiger partial charge < -0.3 is 10.7 Å². The van der Waals surface area contributed by atoms with E-state index in [1.54, 1.807) is 6.33 Å². The van der Waals surface area contributed by atoms with Crippen LogP contribution in [-0.4, -0.2) is 16.0 Å². The van der Waals surface area contributed by atoms with E-state index in [9.17, 15) is 0 Å². The van der Waals surface area contributed by atoms with Crippen LogP contribution < -0.4 is 5.73 Å². The van der Waals surface area contributed by atoms with Gasteiger partial charge in [-0.15, -0.1) is 0 Å². The summed E-state index contributed by atoms with van der Waals surface area (Å²) in [6, 6.07) is 0.334. The number of imidazole rings is 1. The minimum atomic E-state index is 0.334. The second-order valence-electron chi connectivity index (χ2n) is 6.95. The fourth-order valence-corrected chi connectivity index (χ4v) is 5.45. The summed E-state index contributed by atoms with van der Waals surface area (Å²) >= 11 is 0. The van der Waals surface area contributed by atoms with Crippen LogP contribution in [0.25, 0.3) is 0 Å². The van der Waals surface area contributed by atoms with Crippen molar-refractivity contribution in [2.45, 2.75) is 44.6 Å². The van der Waals surface area contributed by atoms with Gasteiger partial charge in [0.05, 0.1) is 6.33 Å². The molecule has 4 fully saturated rings. The van der Waals surface area contributed by atoms with Gasteiger partial charge in [-0.1, -0.05) is 0 Å². The van der Waals surface area contributed by atoms with Gasteiger partial charge in [-0.25, -0.2) is 4.98 Å². The molecule has 5 rings (SSSR count). The minimum absolute atomic E-state index is 0.334. The molecule has 3 heteroatoms. The van der Waals surface area contributed by atoms with Crippen LogP contribution in [0.2, 0.25) is 0 Å². The summed E-state index contributed by atoms with van der Waals surface area (Å²) in [4.78, 5) is 7.30. The summed E-state index contributed by atoms with van der Waals surface area (Å²) in [5.41, 5.74) is 7.75. The fourth-order valence-electron chi connectivity index (χ4n) is 5.45. The van der Waals surface area contributed by atoms with E-state index in [0.29, 0.717) is 6.04 Å². The third-order valence-corrected chi connectivity index (χ3v) is 5.80. The lowest BCUT2D eigenvalue weighted by molar-refractivity contribution is -0.0465. The van der Waals surface area contributed by atoms with Gasteiger partial charge in [-0.3, -0.25) is 0 Å². The molecule has 1 heterocycles. The summed E-state index contributed by atoms with van der Waals surface area (Å²) in [6.07, 6.45) is 12.1. The van der Waals surface area contributed by atoms with Gasteiger partial charge in [0.1, 0.15) is 0 Å². The Kier molecular flexibility index (Phi) is 2.51. The monoisotopic (exact) mass is 245 g/mol. The summed E-state index contributed by atoms with van der Waals surface area (Å²) in [6.45, 7) is 0. The zero-order chi connectivity index (χ0) is 12.1. The molecule has 1 aromatic rings. The molecule has 3 N–H and O–H groups in total. The molecule has 1 unspecified atom stereocenters. The zero-order valence-corrected chi connectivity index (χ0v) is 10.9. The number of aromatic nitrogens is 2. The van der Waals surface area contributed by atoms with Crippen molar-refractivity contribution in [2.24, 2.45) is 35.3 Å².